The number of carbonyl (C=O) groups is 1. The molecule has 0 radical (unpaired) electrons. The van der Waals surface area contributed by atoms with E-state index in [0.29, 0.717) is 0 Å². The van der Waals surface area contributed by atoms with Crippen molar-refractivity contribution in [2.24, 2.45) is 5.73 Å². The molecule has 1 rings (SSSR count). The number of ether oxygens (including phenoxy) is 1. The SMILES string of the molecule is COc1ccc(C(N)CC(=O)O)cc1.Cl. The van der Waals surface area contributed by atoms with Gasteiger partial charge in [0.05, 0.1) is 13.5 Å². The number of carboxylic acid groups (broad SMARTS) is 1. The third-order valence-electron chi connectivity index (χ3n) is 1.94. The summed E-state index contributed by atoms with van der Waals surface area (Å²) in [5.74, 6) is -0.162. The van der Waals surface area contributed by atoms with Crippen LogP contribution in [0.1, 0.15) is 18.0 Å². The molecule has 84 valence electrons. The number of carboxylic acids is 1. The van der Waals surface area contributed by atoms with Crippen LogP contribution in [0.15, 0.2) is 24.3 Å². The van der Waals surface area contributed by atoms with Gasteiger partial charge in [0, 0.05) is 6.04 Å². The van der Waals surface area contributed by atoms with Crippen LogP contribution >= 0.6 is 12.4 Å². The fourth-order valence-electron chi connectivity index (χ4n) is 1.16. The molecule has 0 saturated heterocycles. The third kappa shape index (κ3) is 4.18. The Morgan fingerprint density at radius 3 is 2.40 bits per heavy atom. The first-order valence-electron chi connectivity index (χ1n) is 4.25. The highest BCUT2D eigenvalue weighted by molar-refractivity contribution is 5.85. The van der Waals surface area contributed by atoms with Crippen LogP contribution in [0.25, 0.3) is 0 Å². The topological polar surface area (TPSA) is 72.5 Å². The number of halogens is 1. The molecule has 1 atom stereocenters. The van der Waals surface area contributed by atoms with Gasteiger partial charge in [0.15, 0.2) is 0 Å². The largest absolute Gasteiger partial charge is 0.497 e. The molecule has 1 unspecified atom stereocenters. The van der Waals surface area contributed by atoms with Crippen LogP contribution in [0.2, 0.25) is 0 Å². The van der Waals surface area contributed by atoms with E-state index in [2.05, 4.69) is 0 Å². The summed E-state index contributed by atoms with van der Waals surface area (Å²) in [6, 6.07) is 6.60. The lowest BCUT2D eigenvalue weighted by molar-refractivity contribution is -0.137. The predicted molar refractivity (Wildman–Crippen MR) is 59.4 cm³/mol. The summed E-state index contributed by atoms with van der Waals surface area (Å²) in [6.07, 6.45) is -0.0632. The first-order chi connectivity index (χ1) is 6.63. The van der Waals surface area contributed by atoms with E-state index < -0.39 is 12.0 Å². The number of nitrogens with two attached hydrogens (primary N) is 1. The van der Waals surface area contributed by atoms with Crippen LogP contribution in [0.4, 0.5) is 0 Å². The fourth-order valence-corrected chi connectivity index (χ4v) is 1.16. The molecule has 1 aromatic carbocycles. The van der Waals surface area contributed by atoms with Crippen molar-refractivity contribution in [3.63, 3.8) is 0 Å². The van der Waals surface area contributed by atoms with Crippen LogP contribution in [0, 0.1) is 0 Å². The number of benzene rings is 1. The summed E-state index contributed by atoms with van der Waals surface area (Å²) in [4.78, 5) is 10.4. The van der Waals surface area contributed by atoms with Crippen molar-refractivity contribution in [2.75, 3.05) is 7.11 Å². The van der Waals surface area contributed by atoms with E-state index in [1.54, 1.807) is 31.4 Å². The van der Waals surface area contributed by atoms with Crippen molar-refractivity contribution in [3.8, 4) is 5.75 Å². The van der Waals surface area contributed by atoms with Gasteiger partial charge in [-0.15, -0.1) is 12.4 Å². The lowest BCUT2D eigenvalue weighted by Crippen LogP contribution is -2.14. The van der Waals surface area contributed by atoms with Crippen LogP contribution in [-0.2, 0) is 4.79 Å². The Bertz CT molecular complexity index is 313. The van der Waals surface area contributed by atoms with Gasteiger partial charge in [0.25, 0.3) is 0 Å². The standard InChI is InChI=1S/C10H13NO3.ClH/c1-14-8-4-2-7(3-5-8)9(11)6-10(12)13;/h2-5,9H,6,11H2,1H3,(H,12,13);1H. The maximum atomic E-state index is 10.4. The van der Waals surface area contributed by atoms with Gasteiger partial charge in [-0.05, 0) is 17.7 Å². The van der Waals surface area contributed by atoms with Crippen LogP contribution in [0.3, 0.4) is 0 Å². The molecule has 0 bridgehead atoms. The molecule has 3 N–H and O–H groups in total. The Labute approximate surface area is 94.5 Å². The van der Waals surface area contributed by atoms with E-state index in [9.17, 15) is 4.79 Å². The lowest BCUT2D eigenvalue weighted by Gasteiger charge is -2.09. The Kier molecular flexibility index (Phi) is 5.74. The number of hydrogen-bond acceptors (Lipinski definition) is 3. The molecule has 0 aliphatic carbocycles. The molecular formula is C10H14ClNO3. The second-order valence-electron chi connectivity index (χ2n) is 2.98. The van der Waals surface area contributed by atoms with Gasteiger partial charge in [0.1, 0.15) is 5.75 Å². The van der Waals surface area contributed by atoms with Crippen molar-refractivity contribution in [1.29, 1.82) is 0 Å². The molecule has 0 aromatic heterocycles. The summed E-state index contributed by atoms with van der Waals surface area (Å²) in [7, 11) is 1.58. The average molecular weight is 232 g/mol. The monoisotopic (exact) mass is 231 g/mol. The third-order valence-corrected chi connectivity index (χ3v) is 1.94. The van der Waals surface area contributed by atoms with Crippen molar-refractivity contribution in [3.05, 3.63) is 29.8 Å². The lowest BCUT2D eigenvalue weighted by atomic mass is 10.1. The van der Waals surface area contributed by atoms with Gasteiger partial charge in [-0.1, -0.05) is 12.1 Å². The fraction of sp³-hybridized carbons (Fsp3) is 0.300. The summed E-state index contributed by atoms with van der Waals surface area (Å²) >= 11 is 0. The Morgan fingerprint density at radius 1 is 1.47 bits per heavy atom. The minimum atomic E-state index is -0.895. The molecule has 0 saturated carbocycles. The van der Waals surface area contributed by atoms with Gasteiger partial charge in [0.2, 0.25) is 0 Å². The van der Waals surface area contributed by atoms with Crippen molar-refractivity contribution in [1.82, 2.24) is 0 Å². The van der Waals surface area contributed by atoms with E-state index in [0.717, 1.165) is 11.3 Å². The molecular weight excluding hydrogens is 218 g/mol. The molecule has 0 aliphatic rings. The van der Waals surface area contributed by atoms with E-state index >= 15 is 0 Å². The van der Waals surface area contributed by atoms with E-state index in [1.165, 1.54) is 0 Å². The number of aliphatic carboxylic acids is 1. The van der Waals surface area contributed by atoms with Gasteiger partial charge in [-0.25, -0.2) is 0 Å². The molecule has 0 amide bonds. The smallest absolute Gasteiger partial charge is 0.305 e. The number of rotatable bonds is 4. The highest BCUT2D eigenvalue weighted by atomic mass is 35.5. The first-order valence-corrected chi connectivity index (χ1v) is 4.25. The zero-order valence-corrected chi connectivity index (χ0v) is 9.16. The highest BCUT2D eigenvalue weighted by Crippen LogP contribution is 2.17. The molecule has 4 nitrogen and oxygen atoms in total. The number of methoxy groups -OCH3 is 1. The zero-order valence-electron chi connectivity index (χ0n) is 8.34. The summed E-state index contributed by atoms with van der Waals surface area (Å²) in [6.45, 7) is 0. The Balaban J connectivity index is 0.00000196. The van der Waals surface area contributed by atoms with Crippen LogP contribution in [0.5, 0.6) is 5.75 Å². The summed E-state index contributed by atoms with van der Waals surface area (Å²) in [5.41, 5.74) is 6.47. The molecule has 5 heteroatoms. The average Bonchev–Trinajstić information content (AvgIpc) is 2.17. The van der Waals surface area contributed by atoms with Gasteiger partial charge in [-0.2, -0.15) is 0 Å². The quantitative estimate of drug-likeness (QED) is 0.826. The second-order valence-corrected chi connectivity index (χ2v) is 2.98. The Morgan fingerprint density at radius 2 is 2.00 bits per heavy atom. The second kappa shape index (κ2) is 6.27. The van der Waals surface area contributed by atoms with Crippen LogP contribution in [-0.4, -0.2) is 18.2 Å². The minimum absolute atomic E-state index is 0. The van der Waals surface area contributed by atoms with E-state index in [4.69, 9.17) is 15.6 Å². The molecule has 0 fully saturated rings. The maximum Gasteiger partial charge on any atom is 0.305 e. The van der Waals surface area contributed by atoms with Crippen molar-refractivity contribution >= 4 is 18.4 Å². The van der Waals surface area contributed by atoms with E-state index in [1.807, 2.05) is 0 Å². The predicted octanol–water partition coefficient (Wildman–Crippen LogP) is 1.59. The minimum Gasteiger partial charge on any atom is -0.497 e. The number of hydrogen-bond donors (Lipinski definition) is 2. The molecule has 0 spiro atoms. The highest BCUT2D eigenvalue weighted by Gasteiger charge is 2.09. The Hall–Kier alpha value is -1.26. The van der Waals surface area contributed by atoms with E-state index in [-0.39, 0.29) is 18.8 Å². The summed E-state index contributed by atoms with van der Waals surface area (Å²) < 4.78 is 4.97. The molecule has 15 heavy (non-hydrogen) atoms. The molecule has 0 aliphatic heterocycles. The zero-order chi connectivity index (χ0) is 10.6. The first kappa shape index (κ1) is 13.7. The maximum absolute atomic E-state index is 10.4. The summed E-state index contributed by atoms with van der Waals surface area (Å²) in [5, 5.41) is 8.54. The van der Waals surface area contributed by atoms with Gasteiger partial charge >= 0.3 is 5.97 Å². The molecule has 1 aromatic rings. The normalized spacial score (nSPS) is 11.3. The van der Waals surface area contributed by atoms with Crippen LogP contribution < -0.4 is 10.5 Å². The van der Waals surface area contributed by atoms with Crippen molar-refractivity contribution < 1.29 is 14.6 Å². The van der Waals surface area contributed by atoms with Crippen molar-refractivity contribution in [2.45, 2.75) is 12.5 Å². The van der Waals surface area contributed by atoms with Gasteiger partial charge in [-0.3, -0.25) is 4.79 Å². The molecule has 0 heterocycles. The van der Waals surface area contributed by atoms with Gasteiger partial charge < -0.3 is 15.6 Å².